The number of carbonyl (C=O) groups excluding carboxylic acids is 2. The number of ether oxygens (including phenoxy) is 1. The lowest BCUT2D eigenvalue weighted by Gasteiger charge is -2.25. The quantitative estimate of drug-likeness (QED) is 0.586. The first kappa shape index (κ1) is 21.8. The van der Waals surface area contributed by atoms with Gasteiger partial charge in [0.25, 0.3) is 5.91 Å². The van der Waals surface area contributed by atoms with E-state index >= 15 is 0 Å². The second-order valence-corrected chi connectivity index (χ2v) is 7.20. The van der Waals surface area contributed by atoms with E-state index in [1.54, 1.807) is 23.1 Å². The number of benzene rings is 2. The molecule has 0 saturated carbocycles. The van der Waals surface area contributed by atoms with Gasteiger partial charge in [-0.1, -0.05) is 30.3 Å². The lowest BCUT2D eigenvalue weighted by molar-refractivity contribution is -0.118. The molecule has 0 bridgehead atoms. The fraction of sp³-hybridized carbons (Fsp3) is 0.250. The Hall–Kier alpha value is -2.45. The van der Waals surface area contributed by atoms with Gasteiger partial charge in [-0.3, -0.25) is 14.9 Å². The van der Waals surface area contributed by atoms with E-state index in [1.807, 2.05) is 37.3 Å². The summed E-state index contributed by atoms with van der Waals surface area (Å²) in [5, 5.41) is 2.96. The number of primary amides is 1. The number of nitrogens with two attached hydrogens (primary N) is 1. The topological polar surface area (TPSA) is 84.7 Å². The number of halogens is 1. The molecule has 0 fully saturated rings. The number of nitrogens with one attached hydrogen (secondary N) is 1. The summed E-state index contributed by atoms with van der Waals surface area (Å²) in [6, 6.07) is 14.7. The largest absolute Gasteiger partial charge is 0.493 e. The Morgan fingerprint density at radius 1 is 1.21 bits per heavy atom. The summed E-state index contributed by atoms with van der Waals surface area (Å²) in [4.78, 5) is 25.5. The van der Waals surface area contributed by atoms with Gasteiger partial charge in [0.2, 0.25) is 5.91 Å². The molecular weight excluding hydrogens is 442 g/mol. The van der Waals surface area contributed by atoms with Crippen molar-refractivity contribution in [3.8, 4) is 5.75 Å². The minimum absolute atomic E-state index is 0.136. The van der Waals surface area contributed by atoms with Crippen LogP contribution >= 0.6 is 28.1 Å². The fourth-order valence-electron chi connectivity index (χ4n) is 2.46. The highest BCUT2D eigenvalue weighted by molar-refractivity contribution is 9.10. The molecule has 6 nitrogen and oxygen atoms in total. The first-order chi connectivity index (χ1) is 13.4. The van der Waals surface area contributed by atoms with Crippen LogP contribution in [0.25, 0.3) is 0 Å². The van der Waals surface area contributed by atoms with Crippen LogP contribution in [0.15, 0.2) is 53.0 Å². The minimum Gasteiger partial charge on any atom is -0.493 e. The van der Waals surface area contributed by atoms with Gasteiger partial charge in [0.15, 0.2) is 5.11 Å². The number of thiocarbonyl (C=S) groups is 1. The molecule has 0 aliphatic carbocycles. The van der Waals surface area contributed by atoms with Crippen molar-refractivity contribution in [1.82, 2.24) is 10.2 Å². The van der Waals surface area contributed by atoms with Crippen molar-refractivity contribution in [3.63, 3.8) is 0 Å². The Balaban J connectivity index is 2.09. The summed E-state index contributed by atoms with van der Waals surface area (Å²) in [5.41, 5.74) is 6.71. The van der Waals surface area contributed by atoms with Crippen LogP contribution in [0, 0.1) is 0 Å². The molecule has 2 rings (SSSR count). The second-order valence-electron chi connectivity index (χ2n) is 5.96. The number of amides is 2. The van der Waals surface area contributed by atoms with Crippen LogP contribution in [0.2, 0.25) is 0 Å². The average Bonchev–Trinajstić information content (AvgIpc) is 2.67. The number of nitrogens with zero attached hydrogens (tertiary/aromatic N) is 1. The van der Waals surface area contributed by atoms with Crippen molar-refractivity contribution in [1.29, 1.82) is 0 Å². The zero-order chi connectivity index (χ0) is 20.5. The van der Waals surface area contributed by atoms with Gasteiger partial charge in [0, 0.05) is 25.1 Å². The number of rotatable bonds is 8. The van der Waals surface area contributed by atoms with E-state index in [4.69, 9.17) is 22.7 Å². The molecule has 8 heteroatoms. The van der Waals surface area contributed by atoms with Crippen molar-refractivity contribution >= 4 is 45.1 Å². The first-order valence-corrected chi connectivity index (χ1v) is 9.95. The van der Waals surface area contributed by atoms with Crippen LogP contribution in [0.5, 0.6) is 5.75 Å². The molecular formula is C20H22BrN3O3S. The Kier molecular flexibility index (Phi) is 8.41. The highest BCUT2D eigenvalue weighted by Crippen LogP contribution is 2.26. The molecule has 0 aromatic heterocycles. The van der Waals surface area contributed by atoms with E-state index in [2.05, 4.69) is 21.2 Å². The molecule has 0 spiro atoms. The lowest BCUT2D eigenvalue weighted by atomic mass is 10.2. The highest BCUT2D eigenvalue weighted by Gasteiger charge is 2.16. The maximum Gasteiger partial charge on any atom is 0.257 e. The van der Waals surface area contributed by atoms with Gasteiger partial charge in [-0.25, -0.2) is 0 Å². The third-order valence-corrected chi connectivity index (χ3v) is 4.83. The number of hydrogen-bond donors (Lipinski definition) is 2. The third kappa shape index (κ3) is 6.61. The summed E-state index contributed by atoms with van der Waals surface area (Å²) in [7, 11) is 0. The van der Waals surface area contributed by atoms with Gasteiger partial charge in [-0.15, -0.1) is 0 Å². The summed E-state index contributed by atoms with van der Waals surface area (Å²) in [6.07, 6.45) is 0.136. The minimum atomic E-state index is -0.428. The molecule has 28 heavy (non-hydrogen) atoms. The maximum absolute atomic E-state index is 12.6. The van der Waals surface area contributed by atoms with E-state index in [0.717, 1.165) is 5.56 Å². The van der Waals surface area contributed by atoms with Gasteiger partial charge in [-0.2, -0.15) is 0 Å². The fourth-order valence-corrected chi connectivity index (χ4v) is 3.21. The van der Waals surface area contributed by atoms with Gasteiger partial charge in [0.05, 0.1) is 11.1 Å². The SMILES string of the molecule is CCOc1ccc(C(=O)NC(=S)N(CCC(N)=O)Cc2ccccc2)cc1Br. The summed E-state index contributed by atoms with van der Waals surface area (Å²) in [6.45, 7) is 3.19. The van der Waals surface area contributed by atoms with E-state index < -0.39 is 5.91 Å². The van der Waals surface area contributed by atoms with Crippen LogP contribution < -0.4 is 15.8 Å². The molecule has 0 atom stereocenters. The van der Waals surface area contributed by atoms with Crippen molar-refractivity contribution in [3.05, 3.63) is 64.1 Å². The lowest BCUT2D eigenvalue weighted by Crippen LogP contribution is -2.43. The molecule has 2 amide bonds. The summed E-state index contributed by atoms with van der Waals surface area (Å²) < 4.78 is 6.14. The van der Waals surface area contributed by atoms with E-state index in [9.17, 15) is 9.59 Å². The molecule has 0 radical (unpaired) electrons. The van der Waals surface area contributed by atoms with Gasteiger partial charge in [0.1, 0.15) is 5.75 Å². The molecule has 0 aliphatic rings. The molecule has 0 aliphatic heterocycles. The molecule has 2 aromatic rings. The maximum atomic E-state index is 12.6. The molecule has 148 valence electrons. The Labute approximate surface area is 178 Å². The average molecular weight is 464 g/mol. The molecule has 0 heterocycles. The van der Waals surface area contributed by atoms with Crippen LogP contribution in [0.3, 0.4) is 0 Å². The second kappa shape index (κ2) is 10.8. The van der Waals surface area contributed by atoms with Crippen molar-refractivity contribution in [2.24, 2.45) is 5.73 Å². The van der Waals surface area contributed by atoms with E-state index in [1.165, 1.54) is 0 Å². The third-order valence-electron chi connectivity index (χ3n) is 3.85. The van der Waals surface area contributed by atoms with Crippen molar-refractivity contribution in [2.45, 2.75) is 19.9 Å². The summed E-state index contributed by atoms with van der Waals surface area (Å²) >= 11 is 8.81. The predicted molar refractivity (Wildman–Crippen MR) is 116 cm³/mol. The van der Waals surface area contributed by atoms with E-state index in [-0.39, 0.29) is 17.4 Å². The van der Waals surface area contributed by atoms with Gasteiger partial charge in [-0.05, 0) is 58.8 Å². The molecule has 0 saturated heterocycles. The zero-order valence-corrected chi connectivity index (χ0v) is 17.9. The monoisotopic (exact) mass is 463 g/mol. The van der Waals surface area contributed by atoms with Crippen LogP contribution in [0.4, 0.5) is 0 Å². The van der Waals surface area contributed by atoms with Crippen LogP contribution in [-0.4, -0.2) is 35.0 Å². The zero-order valence-electron chi connectivity index (χ0n) is 15.5. The van der Waals surface area contributed by atoms with Gasteiger partial charge >= 0.3 is 0 Å². The molecule has 3 N–H and O–H groups in total. The first-order valence-electron chi connectivity index (χ1n) is 8.75. The highest BCUT2D eigenvalue weighted by atomic mass is 79.9. The number of hydrogen-bond acceptors (Lipinski definition) is 4. The Morgan fingerprint density at radius 2 is 1.93 bits per heavy atom. The summed E-state index contributed by atoms with van der Waals surface area (Å²) in [5.74, 6) is -0.109. The predicted octanol–water partition coefficient (Wildman–Crippen LogP) is 3.24. The van der Waals surface area contributed by atoms with Gasteiger partial charge < -0.3 is 15.4 Å². The smallest absolute Gasteiger partial charge is 0.257 e. The van der Waals surface area contributed by atoms with Crippen molar-refractivity contribution < 1.29 is 14.3 Å². The normalized spacial score (nSPS) is 10.2. The Morgan fingerprint density at radius 3 is 2.54 bits per heavy atom. The standard InChI is InChI=1S/C20H22BrN3O3S/c1-2-27-17-9-8-15(12-16(17)21)19(26)23-20(28)24(11-10-18(22)25)13-14-6-4-3-5-7-14/h3-9,12H,2,10-11,13H2,1H3,(H2,22,25)(H,23,26,28). The number of carbonyl (C=O) groups is 2. The Bertz CT molecular complexity index is 846. The van der Waals surface area contributed by atoms with Crippen LogP contribution in [0.1, 0.15) is 29.3 Å². The molecule has 2 aromatic carbocycles. The van der Waals surface area contributed by atoms with Crippen LogP contribution in [-0.2, 0) is 11.3 Å². The van der Waals surface area contributed by atoms with E-state index in [0.29, 0.717) is 35.5 Å². The molecule has 0 unspecified atom stereocenters. The van der Waals surface area contributed by atoms with Crippen molar-refractivity contribution in [2.75, 3.05) is 13.2 Å².